The van der Waals surface area contributed by atoms with E-state index in [1.54, 1.807) is 4.68 Å². The summed E-state index contributed by atoms with van der Waals surface area (Å²) in [5.41, 5.74) is 7.33. The number of likely N-dealkylation sites (N-methyl/N-ethyl adjacent to an activating group) is 1. The van der Waals surface area contributed by atoms with Gasteiger partial charge in [0.05, 0.1) is 24.5 Å². The van der Waals surface area contributed by atoms with Crippen molar-refractivity contribution < 1.29 is 9.53 Å². The highest BCUT2D eigenvalue weighted by Crippen LogP contribution is 2.26. The van der Waals surface area contributed by atoms with Gasteiger partial charge < -0.3 is 20.7 Å². The van der Waals surface area contributed by atoms with Gasteiger partial charge >= 0.3 is 0 Å². The predicted molar refractivity (Wildman–Crippen MR) is 84.5 cm³/mol. The highest BCUT2D eigenvalue weighted by atomic mass is 32.1. The van der Waals surface area contributed by atoms with Gasteiger partial charge in [-0.1, -0.05) is 12.2 Å². The second-order valence-corrected chi connectivity index (χ2v) is 5.39. The standard InChI is InChI=1S/C13H21N5O2S/c1-4-15-12(19)9-7-20-6-5-18(9)13-10(11(14)21)8(2)16-17(13)3/h9H,4-7H2,1-3H3,(H2,14,21)(H,15,19). The number of nitrogens with one attached hydrogen (secondary N) is 1. The SMILES string of the molecule is CCNC(=O)C1COCCN1c1c(C(N)=S)c(C)nn1C. The molecule has 21 heavy (non-hydrogen) atoms. The first-order chi connectivity index (χ1) is 9.97. The largest absolute Gasteiger partial charge is 0.389 e. The van der Waals surface area contributed by atoms with Crippen LogP contribution in [0.5, 0.6) is 0 Å². The van der Waals surface area contributed by atoms with Gasteiger partial charge in [0.2, 0.25) is 5.91 Å². The number of aryl methyl sites for hydroxylation is 2. The van der Waals surface area contributed by atoms with Gasteiger partial charge in [-0.15, -0.1) is 0 Å². The number of hydrogen-bond acceptors (Lipinski definition) is 5. The van der Waals surface area contributed by atoms with Crippen LogP contribution in [-0.4, -0.2) is 53.0 Å². The molecule has 0 spiro atoms. The summed E-state index contributed by atoms with van der Waals surface area (Å²) < 4.78 is 7.18. The monoisotopic (exact) mass is 311 g/mol. The van der Waals surface area contributed by atoms with E-state index in [1.807, 2.05) is 25.8 Å². The van der Waals surface area contributed by atoms with E-state index in [9.17, 15) is 4.79 Å². The number of nitrogens with zero attached hydrogens (tertiary/aromatic N) is 3. The number of rotatable bonds is 4. The molecule has 8 heteroatoms. The number of carbonyl (C=O) groups is 1. The van der Waals surface area contributed by atoms with E-state index in [0.29, 0.717) is 26.3 Å². The smallest absolute Gasteiger partial charge is 0.245 e. The molecule has 0 bridgehead atoms. The molecule has 1 aliphatic rings. The first-order valence-corrected chi connectivity index (χ1v) is 7.33. The fraction of sp³-hybridized carbons (Fsp3) is 0.615. The Morgan fingerprint density at radius 1 is 1.62 bits per heavy atom. The Bertz CT molecular complexity index is 557. The van der Waals surface area contributed by atoms with Crippen LogP contribution in [0.15, 0.2) is 0 Å². The van der Waals surface area contributed by atoms with E-state index >= 15 is 0 Å². The molecule has 1 aromatic heterocycles. The summed E-state index contributed by atoms with van der Waals surface area (Å²) in [6, 6.07) is -0.401. The first kappa shape index (κ1) is 15.7. The summed E-state index contributed by atoms with van der Waals surface area (Å²) in [6.45, 7) is 5.82. The molecule has 0 saturated carbocycles. The predicted octanol–water partition coefficient (Wildman–Crippen LogP) is -0.296. The van der Waals surface area contributed by atoms with Crippen molar-refractivity contribution >= 4 is 28.9 Å². The summed E-state index contributed by atoms with van der Waals surface area (Å²) in [6.07, 6.45) is 0. The van der Waals surface area contributed by atoms with E-state index in [4.69, 9.17) is 22.7 Å². The van der Waals surface area contributed by atoms with Crippen LogP contribution >= 0.6 is 12.2 Å². The Balaban J connectivity index is 2.42. The number of amides is 1. The molecular formula is C13H21N5O2S. The molecule has 2 rings (SSSR count). The normalized spacial score (nSPS) is 18.6. The van der Waals surface area contributed by atoms with E-state index in [0.717, 1.165) is 17.1 Å². The lowest BCUT2D eigenvalue weighted by Gasteiger charge is -2.36. The van der Waals surface area contributed by atoms with Crippen molar-refractivity contribution in [3.8, 4) is 0 Å². The van der Waals surface area contributed by atoms with Gasteiger partial charge in [0.25, 0.3) is 0 Å². The van der Waals surface area contributed by atoms with E-state index in [1.165, 1.54) is 0 Å². The summed E-state index contributed by atoms with van der Waals surface area (Å²) in [5.74, 6) is 0.712. The molecule has 1 fully saturated rings. The number of nitrogens with two attached hydrogens (primary N) is 1. The minimum Gasteiger partial charge on any atom is -0.389 e. The van der Waals surface area contributed by atoms with Crippen LogP contribution in [0.4, 0.5) is 5.82 Å². The molecule has 116 valence electrons. The zero-order valence-corrected chi connectivity index (χ0v) is 13.4. The molecule has 1 unspecified atom stereocenters. The highest BCUT2D eigenvalue weighted by molar-refractivity contribution is 7.80. The van der Waals surface area contributed by atoms with Crippen LogP contribution < -0.4 is 16.0 Å². The second kappa shape index (κ2) is 6.40. The average Bonchev–Trinajstić information content (AvgIpc) is 2.73. The molecule has 1 atom stereocenters. The minimum atomic E-state index is -0.401. The Labute approximate surface area is 129 Å². The van der Waals surface area contributed by atoms with Crippen LogP contribution in [0.25, 0.3) is 0 Å². The first-order valence-electron chi connectivity index (χ1n) is 6.92. The quantitative estimate of drug-likeness (QED) is 0.743. The van der Waals surface area contributed by atoms with E-state index in [-0.39, 0.29) is 10.9 Å². The van der Waals surface area contributed by atoms with Crippen molar-refractivity contribution in [1.82, 2.24) is 15.1 Å². The Morgan fingerprint density at radius 3 is 2.95 bits per heavy atom. The van der Waals surface area contributed by atoms with Crippen LogP contribution in [-0.2, 0) is 16.6 Å². The van der Waals surface area contributed by atoms with Crippen molar-refractivity contribution in [2.45, 2.75) is 19.9 Å². The number of anilines is 1. The topological polar surface area (TPSA) is 85.4 Å². The zero-order chi connectivity index (χ0) is 15.6. The highest BCUT2D eigenvalue weighted by Gasteiger charge is 2.33. The number of morpholine rings is 1. The Kier molecular flexibility index (Phi) is 4.79. The van der Waals surface area contributed by atoms with Gasteiger partial charge in [-0.2, -0.15) is 5.10 Å². The summed E-state index contributed by atoms with van der Waals surface area (Å²) in [4.78, 5) is 14.5. The number of carbonyl (C=O) groups excluding carboxylic acids is 1. The lowest BCUT2D eigenvalue weighted by molar-refractivity contribution is -0.124. The maximum absolute atomic E-state index is 12.3. The van der Waals surface area contributed by atoms with E-state index < -0.39 is 6.04 Å². The third-order valence-electron chi connectivity index (χ3n) is 3.49. The molecular weight excluding hydrogens is 290 g/mol. The number of aromatic nitrogens is 2. The minimum absolute atomic E-state index is 0.0649. The van der Waals surface area contributed by atoms with Crippen molar-refractivity contribution in [3.63, 3.8) is 0 Å². The number of ether oxygens (including phenoxy) is 1. The molecule has 1 amide bonds. The van der Waals surface area contributed by atoms with Crippen molar-refractivity contribution in [3.05, 3.63) is 11.3 Å². The molecule has 1 aromatic rings. The molecule has 1 aliphatic heterocycles. The van der Waals surface area contributed by atoms with Crippen LogP contribution in [0, 0.1) is 6.92 Å². The van der Waals surface area contributed by atoms with Crippen molar-refractivity contribution in [1.29, 1.82) is 0 Å². The Morgan fingerprint density at radius 2 is 2.33 bits per heavy atom. The lowest BCUT2D eigenvalue weighted by Crippen LogP contribution is -2.55. The molecule has 0 aliphatic carbocycles. The van der Waals surface area contributed by atoms with Crippen molar-refractivity contribution in [2.24, 2.45) is 12.8 Å². The summed E-state index contributed by atoms with van der Waals surface area (Å²) >= 11 is 5.14. The lowest BCUT2D eigenvalue weighted by atomic mass is 10.1. The number of thiocarbonyl (C=S) groups is 1. The molecule has 1 saturated heterocycles. The second-order valence-electron chi connectivity index (χ2n) is 4.95. The van der Waals surface area contributed by atoms with Gasteiger partial charge in [0, 0.05) is 20.1 Å². The molecule has 2 heterocycles. The average molecular weight is 311 g/mol. The van der Waals surface area contributed by atoms with Crippen molar-refractivity contribution in [2.75, 3.05) is 31.2 Å². The third kappa shape index (κ3) is 3.01. The van der Waals surface area contributed by atoms with Gasteiger partial charge in [0.1, 0.15) is 16.8 Å². The van der Waals surface area contributed by atoms with E-state index in [2.05, 4.69) is 10.4 Å². The summed E-state index contributed by atoms with van der Waals surface area (Å²) in [5, 5.41) is 7.22. The van der Waals surface area contributed by atoms with Gasteiger partial charge in [-0.25, -0.2) is 0 Å². The summed E-state index contributed by atoms with van der Waals surface area (Å²) in [7, 11) is 1.83. The van der Waals surface area contributed by atoms with Gasteiger partial charge in [-0.05, 0) is 13.8 Å². The molecule has 0 aromatic carbocycles. The fourth-order valence-electron chi connectivity index (χ4n) is 2.63. The molecule has 3 N–H and O–H groups in total. The maximum Gasteiger partial charge on any atom is 0.245 e. The van der Waals surface area contributed by atoms with Crippen LogP contribution in [0.1, 0.15) is 18.2 Å². The number of hydrogen-bond donors (Lipinski definition) is 2. The van der Waals surface area contributed by atoms with Crippen LogP contribution in [0.3, 0.4) is 0 Å². The third-order valence-corrected chi connectivity index (χ3v) is 3.70. The zero-order valence-electron chi connectivity index (χ0n) is 12.5. The fourth-order valence-corrected chi connectivity index (χ4v) is 2.87. The Hall–Kier alpha value is -1.67. The van der Waals surface area contributed by atoms with Crippen LogP contribution in [0.2, 0.25) is 0 Å². The van der Waals surface area contributed by atoms with Gasteiger partial charge in [0.15, 0.2) is 0 Å². The van der Waals surface area contributed by atoms with Gasteiger partial charge in [-0.3, -0.25) is 9.48 Å². The molecule has 7 nitrogen and oxygen atoms in total. The maximum atomic E-state index is 12.3. The molecule has 0 radical (unpaired) electrons.